The summed E-state index contributed by atoms with van der Waals surface area (Å²) < 4.78 is 14.0. The molecule has 4 nitrogen and oxygen atoms in total. The number of benzene rings is 14. The van der Waals surface area contributed by atoms with E-state index < -0.39 is 0 Å². The fraction of sp³-hybridized carbons (Fsp3) is 0.0244. The Hall–Kier alpha value is -11.2. The number of para-hydroxylation sites is 3. The van der Waals surface area contributed by atoms with E-state index in [0.717, 1.165) is 133 Å². The molecule has 2 heterocycles. The summed E-state index contributed by atoms with van der Waals surface area (Å²) in [6.07, 6.45) is 8.64. The lowest BCUT2D eigenvalue weighted by molar-refractivity contribution is 0.269. The van der Waals surface area contributed by atoms with Gasteiger partial charge >= 0.3 is 0 Å². The average Bonchev–Trinajstić information content (AvgIpc) is 1.09. The second-order valence-corrected chi connectivity index (χ2v) is 22.6. The molecule has 2 atom stereocenters. The molecular weight excluding hydrogens is 1040 g/mol. The van der Waals surface area contributed by atoms with Gasteiger partial charge in [-0.05, 0) is 137 Å². The highest BCUT2D eigenvalue weighted by atomic mass is 16.5. The van der Waals surface area contributed by atoms with E-state index >= 15 is 0 Å². The molecule has 0 radical (unpaired) electrons. The zero-order valence-corrected chi connectivity index (χ0v) is 46.9. The molecular formula is C82H54N2O2. The van der Waals surface area contributed by atoms with Crippen LogP contribution < -0.4 is 14.5 Å². The SMILES string of the molecule is C1=CC2Oc3c(cccc3N(c3ccc4c(-c5ccc(-c6ccccc6)cc5)c5cc(N(c6cccc7ccccc67)c6cccc7c6oc6ccccc67)ccc5c(-c5ccc(-c6ccccc6)cc5)c4c3)c3cccc4ccccc34)C2C=C1. The molecule has 2 aliphatic rings. The minimum Gasteiger partial charge on any atom is -0.483 e. The summed E-state index contributed by atoms with van der Waals surface area (Å²) in [4.78, 5) is 4.86. The normalized spacial score (nSPS) is 14.3. The van der Waals surface area contributed by atoms with Crippen molar-refractivity contribution in [1.82, 2.24) is 0 Å². The van der Waals surface area contributed by atoms with Crippen LogP contribution in [-0.4, -0.2) is 6.10 Å². The van der Waals surface area contributed by atoms with Crippen molar-refractivity contribution in [3.8, 4) is 50.3 Å². The highest BCUT2D eigenvalue weighted by molar-refractivity contribution is 6.23. The Bertz CT molecular complexity index is 5210. The van der Waals surface area contributed by atoms with Gasteiger partial charge in [-0.15, -0.1) is 0 Å². The van der Waals surface area contributed by atoms with Gasteiger partial charge in [-0.3, -0.25) is 0 Å². The molecule has 15 aromatic rings. The van der Waals surface area contributed by atoms with Gasteiger partial charge in [-0.25, -0.2) is 0 Å². The van der Waals surface area contributed by atoms with Crippen LogP contribution in [0.1, 0.15) is 11.5 Å². The molecule has 0 fully saturated rings. The summed E-state index contributed by atoms with van der Waals surface area (Å²) in [6, 6.07) is 106. The summed E-state index contributed by atoms with van der Waals surface area (Å²) >= 11 is 0. The summed E-state index contributed by atoms with van der Waals surface area (Å²) in [5.74, 6) is 1.03. The van der Waals surface area contributed by atoms with Gasteiger partial charge < -0.3 is 19.0 Å². The zero-order chi connectivity index (χ0) is 56.7. The summed E-state index contributed by atoms with van der Waals surface area (Å²) in [6.45, 7) is 0. The van der Waals surface area contributed by atoms with Crippen molar-refractivity contribution >= 4 is 99.2 Å². The van der Waals surface area contributed by atoms with Gasteiger partial charge in [0.2, 0.25) is 0 Å². The second-order valence-electron chi connectivity index (χ2n) is 22.6. The van der Waals surface area contributed by atoms with E-state index in [0.29, 0.717) is 0 Å². The Morgan fingerprint density at radius 1 is 0.291 bits per heavy atom. The number of allylic oxidation sites excluding steroid dienone is 2. The fourth-order valence-corrected chi connectivity index (χ4v) is 13.8. The average molecular weight is 1100 g/mol. The Balaban J connectivity index is 0.972. The molecule has 0 N–H and O–H groups in total. The number of furan rings is 1. The van der Waals surface area contributed by atoms with Gasteiger partial charge in [-0.1, -0.05) is 255 Å². The summed E-state index contributed by atoms with van der Waals surface area (Å²) in [7, 11) is 0. The first-order valence-corrected chi connectivity index (χ1v) is 29.6. The van der Waals surface area contributed by atoms with Crippen molar-refractivity contribution in [2.75, 3.05) is 9.80 Å². The number of rotatable bonds is 10. The maximum atomic E-state index is 7.05. The van der Waals surface area contributed by atoms with Gasteiger partial charge in [0.15, 0.2) is 5.58 Å². The molecule has 0 spiro atoms. The Labute approximate surface area is 498 Å². The van der Waals surface area contributed by atoms with E-state index in [1.807, 2.05) is 6.07 Å². The number of fused-ring (bicyclic) bond motifs is 10. The van der Waals surface area contributed by atoms with Gasteiger partial charge in [0.25, 0.3) is 0 Å². The predicted molar refractivity (Wildman–Crippen MR) is 360 cm³/mol. The maximum absolute atomic E-state index is 7.05. The van der Waals surface area contributed by atoms with Crippen molar-refractivity contribution in [3.63, 3.8) is 0 Å². The molecule has 1 aliphatic carbocycles. The van der Waals surface area contributed by atoms with Gasteiger partial charge in [0, 0.05) is 44.4 Å². The van der Waals surface area contributed by atoms with E-state index in [9.17, 15) is 0 Å². The number of nitrogens with zero attached hydrogens (tertiary/aromatic N) is 2. The molecule has 0 bridgehead atoms. The van der Waals surface area contributed by atoms with Crippen molar-refractivity contribution in [1.29, 1.82) is 0 Å². The zero-order valence-electron chi connectivity index (χ0n) is 46.9. The monoisotopic (exact) mass is 1100 g/mol. The van der Waals surface area contributed by atoms with Crippen LogP contribution in [0.25, 0.3) is 110 Å². The van der Waals surface area contributed by atoms with Crippen LogP contribution in [0.2, 0.25) is 0 Å². The van der Waals surface area contributed by atoms with E-state index in [-0.39, 0.29) is 12.0 Å². The number of hydrogen-bond donors (Lipinski definition) is 0. The lowest BCUT2D eigenvalue weighted by Gasteiger charge is -2.30. The summed E-state index contributed by atoms with van der Waals surface area (Å²) in [5, 5.41) is 11.3. The standard InChI is InChI=1S/C82H54N2O2/c1-3-19-53(20-4-1)55-39-43-59(44-40-55)79-67-49-47-62(84(74-34-16-26-58-24-8-10-28-64(58)74)76-36-18-32-70-66-30-12-14-38-78(66)86-82(70)76)52-72(67)80(60-45-41-56(42-46-60)54-21-5-2-6-22-54)68-50-48-61(51-71(68)79)83(73-33-15-25-57-23-7-9-27-63(57)73)75-35-17-31-69-65-29-11-13-37-77(65)85-81(69)75/h1-52,65,77H. The molecule has 0 amide bonds. The third-order valence-electron chi connectivity index (χ3n) is 17.8. The Morgan fingerprint density at radius 2 is 0.733 bits per heavy atom. The van der Waals surface area contributed by atoms with Crippen LogP contribution in [0.5, 0.6) is 5.75 Å². The highest BCUT2D eigenvalue weighted by Gasteiger charge is 2.36. The van der Waals surface area contributed by atoms with Crippen molar-refractivity contribution < 1.29 is 9.15 Å². The summed E-state index contributed by atoms with van der Waals surface area (Å²) in [5.41, 5.74) is 18.2. The van der Waals surface area contributed by atoms with Gasteiger partial charge in [-0.2, -0.15) is 0 Å². The first-order valence-electron chi connectivity index (χ1n) is 29.6. The molecule has 86 heavy (non-hydrogen) atoms. The molecule has 1 aliphatic heterocycles. The second kappa shape index (κ2) is 20.3. The topological polar surface area (TPSA) is 28.9 Å². The molecule has 1 aromatic heterocycles. The quantitative estimate of drug-likeness (QED) is 0.128. The molecule has 14 aromatic carbocycles. The third-order valence-corrected chi connectivity index (χ3v) is 17.8. The lowest BCUT2D eigenvalue weighted by Crippen LogP contribution is -2.16. The molecule has 17 rings (SSSR count). The minimum atomic E-state index is -0.0807. The smallest absolute Gasteiger partial charge is 0.159 e. The third kappa shape index (κ3) is 8.13. The largest absolute Gasteiger partial charge is 0.483 e. The van der Waals surface area contributed by atoms with E-state index in [1.54, 1.807) is 0 Å². The minimum absolute atomic E-state index is 0.0807. The Morgan fingerprint density at radius 3 is 1.34 bits per heavy atom. The van der Waals surface area contributed by atoms with Crippen molar-refractivity contribution in [2.45, 2.75) is 12.0 Å². The van der Waals surface area contributed by atoms with Crippen molar-refractivity contribution in [3.05, 3.63) is 321 Å². The van der Waals surface area contributed by atoms with Crippen LogP contribution in [0, 0.1) is 0 Å². The molecule has 0 saturated heterocycles. The molecule has 4 heteroatoms. The first-order chi connectivity index (χ1) is 42.7. The van der Waals surface area contributed by atoms with E-state index in [4.69, 9.17) is 9.15 Å². The van der Waals surface area contributed by atoms with Crippen LogP contribution in [0.3, 0.4) is 0 Å². The number of ether oxygens (including phenoxy) is 1. The number of anilines is 6. The van der Waals surface area contributed by atoms with Crippen LogP contribution in [0.4, 0.5) is 34.1 Å². The maximum Gasteiger partial charge on any atom is 0.159 e. The molecule has 2 unspecified atom stereocenters. The Kier molecular flexibility index (Phi) is 11.7. The van der Waals surface area contributed by atoms with E-state index in [1.165, 1.54) is 22.1 Å². The number of hydrogen-bond acceptors (Lipinski definition) is 4. The lowest BCUT2D eigenvalue weighted by atomic mass is 9.84. The van der Waals surface area contributed by atoms with Crippen LogP contribution in [-0.2, 0) is 0 Å². The fourth-order valence-electron chi connectivity index (χ4n) is 13.8. The molecule has 404 valence electrons. The van der Waals surface area contributed by atoms with E-state index in [2.05, 4.69) is 319 Å². The predicted octanol–water partition coefficient (Wildman–Crippen LogP) is 22.8. The van der Waals surface area contributed by atoms with Gasteiger partial charge in [0.1, 0.15) is 17.4 Å². The van der Waals surface area contributed by atoms with Gasteiger partial charge in [0.05, 0.1) is 22.7 Å². The first kappa shape index (κ1) is 49.4. The highest BCUT2D eigenvalue weighted by Crippen LogP contribution is 2.54. The van der Waals surface area contributed by atoms with Crippen LogP contribution >= 0.6 is 0 Å². The van der Waals surface area contributed by atoms with Crippen molar-refractivity contribution in [2.24, 2.45) is 0 Å². The molecule has 0 saturated carbocycles. The van der Waals surface area contributed by atoms with Crippen LogP contribution in [0.15, 0.2) is 320 Å².